The molecule has 2 aliphatic rings. The van der Waals surface area contributed by atoms with Crippen LogP contribution in [0.15, 0.2) is 45.3 Å². The first-order chi connectivity index (χ1) is 12.1. The van der Waals surface area contributed by atoms with Crippen molar-refractivity contribution in [2.75, 3.05) is 7.05 Å². The molecular weight excluding hydrogens is 332 g/mol. The Morgan fingerprint density at radius 3 is 2.44 bits per heavy atom. The molecule has 2 saturated carbocycles. The van der Waals surface area contributed by atoms with Crippen molar-refractivity contribution in [3.8, 4) is 0 Å². The van der Waals surface area contributed by atoms with Crippen molar-refractivity contribution in [3.05, 3.63) is 35.3 Å². The van der Waals surface area contributed by atoms with Gasteiger partial charge in [-0.2, -0.15) is 0 Å². The molecule has 0 unspecified atom stereocenters. The van der Waals surface area contributed by atoms with E-state index in [2.05, 4.69) is 16.9 Å². The smallest absolute Gasteiger partial charge is 0.119 e. The quantitative estimate of drug-likeness (QED) is 0.616. The highest BCUT2D eigenvalue weighted by atomic mass is 35.5. The van der Waals surface area contributed by atoms with Gasteiger partial charge in [0.05, 0.1) is 10.7 Å². The number of aliphatic imine (C=N–C) groups is 2. The third-order valence-corrected chi connectivity index (χ3v) is 5.28. The van der Waals surface area contributed by atoms with Crippen LogP contribution in [-0.4, -0.2) is 24.5 Å². The molecule has 0 aliphatic heterocycles. The van der Waals surface area contributed by atoms with Gasteiger partial charge in [-0.3, -0.25) is 4.99 Å². The second kappa shape index (κ2) is 9.81. The van der Waals surface area contributed by atoms with Gasteiger partial charge in [0.25, 0.3) is 0 Å². The Bertz CT molecular complexity index is 591. The maximum Gasteiger partial charge on any atom is 0.119 e. The molecule has 0 aromatic heterocycles. The summed E-state index contributed by atoms with van der Waals surface area (Å²) < 4.78 is 0. The maximum atomic E-state index is 6.45. The van der Waals surface area contributed by atoms with Crippen molar-refractivity contribution >= 4 is 23.0 Å². The third kappa shape index (κ3) is 6.03. The highest BCUT2D eigenvalue weighted by Crippen LogP contribution is 2.34. The van der Waals surface area contributed by atoms with Gasteiger partial charge in [-0.15, -0.1) is 0 Å². The van der Waals surface area contributed by atoms with Gasteiger partial charge < -0.3 is 11.1 Å². The van der Waals surface area contributed by atoms with Crippen molar-refractivity contribution in [2.45, 2.75) is 64.3 Å². The molecule has 2 aliphatic carbocycles. The van der Waals surface area contributed by atoms with Crippen molar-refractivity contribution in [1.29, 1.82) is 0 Å². The van der Waals surface area contributed by atoms with E-state index in [1.807, 2.05) is 13.0 Å². The van der Waals surface area contributed by atoms with E-state index in [-0.39, 0.29) is 0 Å². The van der Waals surface area contributed by atoms with Gasteiger partial charge >= 0.3 is 0 Å². The largest absolute Gasteiger partial charge is 0.404 e. The zero-order valence-corrected chi connectivity index (χ0v) is 16.3. The molecular formula is C20H31ClN4. The lowest BCUT2D eigenvalue weighted by atomic mass is 9.95. The minimum atomic E-state index is 0.451. The van der Waals surface area contributed by atoms with Crippen LogP contribution in [0.25, 0.3) is 0 Å². The molecule has 4 nitrogen and oxygen atoms in total. The zero-order valence-electron chi connectivity index (χ0n) is 15.5. The maximum absolute atomic E-state index is 6.45. The molecule has 0 heterocycles. The van der Waals surface area contributed by atoms with E-state index >= 15 is 0 Å². The van der Waals surface area contributed by atoms with Gasteiger partial charge in [0.2, 0.25) is 0 Å². The minimum absolute atomic E-state index is 0.451. The van der Waals surface area contributed by atoms with E-state index < -0.39 is 0 Å². The second-order valence-electron chi connectivity index (χ2n) is 6.92. The van der Waals surface area contributed by atoms with E-state index in [9.17, 15) is 0 Å². The van der Waals surface area contributed by atoms with Gasteiger partial charge in [0.15, 0.2) is 0 Å². The van der Waals surface area contributed by atoms with Gasteiger partial charge in [-0.1, -0.05) is 43.5 Å². The molecule has 138 valence electrons. The first kappa shape index (κ1) is 19.8. The van der Waals surface area contributed by atoms with Crippen LogP contribution in [0.3, 0.4) is 0 Å². The number of nitrogens with one attached hydrogen (secondary N) is 1. The van der Waals surface area contributed by atoms with Crippen molar-refractivity contribution < 1.29 is 0 Å². The van der Waals surface area contributed by atoms with Crippen LogP contribution in [0.4, 0.5) is 0 Å². The van der Waals surface area contributed by atoms with Gasteiger partial charge in [0.1, 0.15) is 5.82 Å². The zero-order chi connectivity index (χ0) is 18.2. The van der Waals surface area contributed by atoms with Crippen molar-refractivity contribution in [3.63, 3.8) is 0 Å². The second-order valence-corrected chi connectivity index (χ2v) is 7.33. The Morgan fingerprint density at radius 1 is 1.24 bits per heavy atom. The number of hydrogen-bond acceptors (Lipinski definition) is 4. The predicted octanol–water partition coefficient (Wildman–Crippen LogP) is 4.68. The van der Waals surface area contributed by atoms with Gasteiger partial charge in [-0.25, -0.2) is 4.99 Å². The fourth-order valence-corrected chi connectivity index (χ4v) is 3.40. The van der Waals surface area contributed by atoms with E-state index in [0.717, 1.165) is 17.7 Å². The molecule has 0 radical (unpaired) electrons. The highest BCUT2D eigenvalue weighted by Gasteiger charge is 2.26. The Kier molecular flexibility index (Phi) is 7.76. The third-order valence-electron chi connectivity index (χ3n) is 4.88. The Hall–Kier alpha value is -1.55. The van der Waals surface area contributed by atoms with Crippen LogP contribution in [-0.2, 0) is 0 Å². The van der Waals surface area contributed by atoms with E-state index in [1.54, 1.807) is 13.2 Å². The standard InChI is InChI=1S/C20H31ClN4/c1-4-18(21)20(17(13-22)19(23-3)12-15-10-11-15)25-14(2)24-16-8-6-5-7-9-16/h4,13,15-16,24H,2,5-12,22H2,1,3H3/b17-13?,18-4+,23-19?,25-20?. The molecule has 25 heavy (non-hydrogen) atoms. The fourth-order valence-electron chi connectivity index (χ4n) is 3.26. The summed E-state index contributed by atoms with van der Waals surface area (Å²) in [6, 6.07) is 0.451. The van der Waals surface area contributed by atoms with Crippen LogP contribution in [0.2, 0.25) is 0 Å². The molecule has 3 N–H and O–H groups in total. The molecule has 0 bridgehead atoms. The highest BCUT2D eigenvalue weighted by molar-refractivity contribution is 6.50. The molecule has 0 atom stereocenters. The number of allylic oxidation sites excluding steroid dienone is 3. The fraction of sp³-hybridized carbons (Fsp3) is 0.600. The molecule has 2 fully saturated rings. The van der Waals surface area contributed by atoms with Gasteiger partial charge in [-0.05, 0) is 44.9 Å². The summed E-state index contributed by atoms with van der Waals surface area (Å²) in [6.45, 7) is 5.98. The summed E-state index contributed by atoms with van der Waals surface area (Å²) >= 11 is 6.45. The molecule has 0 spiro atoms. The molecule has 0 aromatic carbocycles. The summed E-state index contributed by atoms with van der Waals surface area (Å²) in [4.78, 5) is 9.14. The number of halogens is 1. The lowest BCUT2D eigenvalue weighted by molar-refractivity contribution is 0.396. The molecule has 0 aromatic rings. The average molecular weight is 363 g/mol. The van der Waals surface area contributed by atoms with Crippen LogP contribution >= 0.6 is 11.6 Å². The summed E-state index contributed by atoms with van der Waals surface area (Å²) in [5.74, 6) is 1.35. The summed E-state index contributed by atoms with van der Waals surface area (Å²) in [6.07, 6.45) is 13.0. The van der Waals surface area contributed by atoms with Crippen LogP contribution in [0, 0.1) is 5.92 Å². The van der Waals surface area contributed by atoms with Crippen molar-refractivity contribution in [1.82, 2.24) is 5.32 Å². The Balaban J connectivity index is 2.18. The molecule has 5 heteroatoms. The van der Waals surface area contributed by atoms with Crippen LogP contribution < -0.4 is 11.1 Å². The molecule has 0 amide bonds. The van der Waals surface area contributed by atoms with E-state index in [4.69, 9.17) is 22.3 Å². The van der Waals surface area contributed by atoms with Crippen LogP contribution in [0.5, 0.6) is 0 Å². The SMILES string of the molecule is C=C(N=C(C(=CN)C(CC1CC1)=NC)/C(Cl)=C\C)NC1CCCCC1. The van der Waals surface area contributed by atoms with E-state index in [1.165, 1.54) is 44.9 Å². The number of nitrogens with zero attached hydrogens (tertiary/aromatic N) is 2. The minimum Gasteiger partial charge on any atom is -0.404 e. The Labute approximate surface area is 157 Å². The lowest BCUT2D eigenvalue weighted by Crippen LogP contribution is -2.30. The topological polar surface area (TPSA) is 62.8 Å². The monoisotopic (exact) mass is 362 g/mol. The van der Waals surface area contributed by atoms with Gasteiger partial charge in [0, 0.05) is 30.6 Å². The number of hydrogen-bond donors (Lipinski definition) is 2. The first-order valence-electron chi connectivity index (χ1n) is 9.33. The number of rotatable bonds is 8. The molecule has 2 rings (SSSR count). The summed E-state index contributed by atoms with van der Waals surface area (Å²) in [7, 11) is 1.80. The van der Waals surface area contributed by atoms with Crippen molar-refractivity contribution in [2.24, 2.45) is 21.6 Å². The molecule has 0 saturated heterocycles. The Morgan fingerprint density at radius 2 is 1.92 bits per heavy atom. The normalized spacial score (nSPS) is 21.4. The van der Waals surface area contributed by atoms with Crippen LogP contribution in [0.1, 0.15) is 58.3 Å². The van der Waals surface area contributed by atoms with E-state index in [0.29, 0.717) is 28.5 Å². The predicted molar refractivity (Wildman–Crippen MR) is 109 cm³/mol. The number of nitrogens with two attached hydrogens (primary N) is 1. The lowest BCUT2D eigenvalue weighted by Gasteiger charge is -2.24. The average Bonchev–Trinajstić information content (AvgIpc) is 3.44. The summed E-state index contributed by atoms with van der Waals surface area (Å²) in [5, 5.41) is 4.01. The summed E-state index contributed by atoms with van der Waals surface area (Å²) in [5.41, 5.74) is 8.37. The first-order valence-corrected chi connectivity index (χ1v) is 9.71.